The lowest BCUT2D eigenvalue weighted by Gasteiger charge is -2.10. The first kappa shape index (κ1) is 14.9. The van der Waals surface area contributed by atoms with Gasteiger partial charge in [-0.25, -0.2) is 13.4 Å². The molecule has 0 N–H and O–H groups in total. The Morgan fingerprint density at radius 3 is 2.41 bits per heavy atom. The van der Waals surface area contributed by atoms with E-state index in [-0.39, 0.29) is 5.69 Å². The van der Waals surface area contributed by atoms with E-state index < -0.39 is 25.7 Å². The number of para-hydroxylation sites is 1. The van der Waals surface area contributed by atoms with Crippen LogP contribution in [0.1, 0.15) is 0 Å². The Morgan fingerprint density at radius 1 is 1.05 bits per heavy atom. The molecule has 1 aliphatic heterocycles. The first-order valence-corrected chi connectivity index (χ1v) is 8.16. The van der Waals surface area contributed by atoms with E-state index in [9.17, 15) is 26.4 Å². The van der Waals surface area contributed by atoms with E-state index in [1.807, 2.05) is 0 Å². The highest BCUT2D eigenvalue weighted by Gasteiger charge is 2.48. The second kappa shape index (κ2) is 4.75. The largest absolute Gasteiger partial charge is 0.502 e. The Balaban J connectivity index is 2.38. The highest BCUT2D eigenvalue weighted by molar-refractivity contribution is 7.92. The van der Waals surface area contributed by atoms with Crippen LogP contribution in [-0.4, -0.2) is 18.9 Å². The maximum atomic E-state index is 12.6. The van der Waals surface area contributed by atoms with E-state index in [0.29, 0.717) is 16.5 Å². The minimum Gasteiger partial charge on any atom is -0.286 e. The van der Waals surface area contributed by atoms with Crippen LogP contribution >= 0.6 is 11.3 Å². The molecule has 0 spiro atoms. The first-order valence-electron chi connectivity index (χ1n) is 5.86. The van der Waals surface area contributed by atoms with Crippen molar-refractivity contribution in [2.24, 2.45) is 0 Å². The minimum absolute atomic E-state index is 0.283. The maximum absolute atomic E-state index is 12.6. The van der Waals surface area contributed by atoms with Gasteiger partial charge in [0, 0.05) is 0 Å². The van der Waals surface area contributed by atoms with Crippen molar-refractivity contribution in [2.45, 2.75) is 10.4 Å². The fourth-order valence-corrected chi connectivity index (χ4v) is 3.74. The fourth-order valence-electron chi connectivity index (χ4n) is 1.93. The molecule has 4 nitrogen and oxygen atoms in total. The number of rotatable bonds is 1. The maximum Gasteiger partial charge on any atom is 0.502 e. The zero-order valence-corrected chi connectivity index (χ0v) is 12.2. The van der Waals surface area contributed by atoms with Crippen LogP contribution in [0, 0.1) is 0 Å². The molecule has 2 aliphatic rings. The molecule has 0 aromatic heterocycles. The smallest absolute Gasteiger partial charge is 0.286 e. The number of aromatic nitrogens is 1. The van der Waals surface area contributed by atoms with Gasteiger partial charge in [0.25, 0.3) is 9.84 Å². The van der Waals surface area contributed by atoms with E-state index in [2.05, 4.69) is 4.98 Å². The van der Waals surface area contributed by atoms with Gasteiger partial charge in [0.1, 0.15) is 10.6 Å². The predicted octanol–water partition coefficient (Wildman–Crippen LogP) is 3.05. The quantitative estimate of drug-likeness (QED) is 0.636. The zero-order chi connectivity index (χ0) is 16.1. The van der Waals surface area contributed by atoms with Gasteiger partial charge in [-0.15, -0.1) is 11.3 Å². The van der Waals surface area contributed by atoms with E-state index in [4.69, 9.17) is 0 Å². The Bertz CT molecular complexity index is 1010. The van der Waals surface area contributed by atoms with E-state index in [0.717, 1.165) is 16.0 Å². The normalized spacial score (nSPS) is 12.9. The van der Waals surface area contributed by atoms with Crippen molar-refractivity contribution in [1.29, 1.82) is 0 Å². The van der Waals surface area contributed by atoms with Gasteiger partial charge in [0.05, 0.1) is 15.1 Å². The van der Waals surface area contributed by atoms with Crippen LogP contribution in [0.4, 0.5) is 13.2 Å². The summed E-state index contributed by atoms with van der Waals surface area (Å²) in [7, 11) is -5.70. The van der Waals surface area contributed by atoms with E-state index in [1.54, 1.807) is 24.3 Å². The number of benzene rings is 2. The van der Waals surface area contributed by atoms with E-state index in [1.165, 1.54) is 6.07 Å². The van der Waals surface area contributed by atoms with Gasteiger partial charge in [-0.2, -0.15) is 13.2 Å². The first-order chi connectivity index (χ1) is 10.2. The lowest BCUT2D eigenvalue weighted by molar-refractivity contribution is -0.0436. The minimum atomic E-state index is -5.70. The molecule has 0 fully saturated rings. The van der Waals surface area contributed by atoms with Gasteiger partial charge in [-0.3, -0.25) is 4.79 Å². The third-order valence-electron chi connectivity index (χ3n) is 2.97. The summed E-state index contributed by atoms with van der Waals surface area (Å²) in [6.45, 7) is 0. The SMILES string of the molecule is O=c1c(S(=O)(=O)C(F)(F)F)ccc2sc3ccccc3nc1-2. The summed E-state index contributed by atoms with van der Waals surface area (Å²) in [6.07, 6.45) is 0. The molecule has 0 amide bonds. The van der Waals surface area contributed by atoms with Crippen LogP contribution in [0.15, 0.2) is 46.1 Å². The van der Waals surface area contributed by atoms with E-state index >= 15 is 0 Å². The summed E-state index contributed by atoms with van der Waals surface area (Å²) in [5.74, 6) is 0. The Kier molecular flexibility index (Phi) is 3.22. The highest BCUT2D eigenvalue weighted by atomic mass is 32.2. The average Bonchev–Trinajstić information content (AvgIpc) is 2.44. The number of nitrogens with zero attached hydrogens (tertiary/aromatic N) is 1. The lowest BCUT2D eigenvalue weighted by atomic mass is 10.2. The van der Waals surface area contributed by atoms with Crippen LogP contribution in [0.25, 0.3) is 20.8 Å². The zero-order valence-electron chi connectivity index (χ0n) is 10.6. The van der Waals surface area contributed by atoms with Crippen LogP contribution < -0.4 is 5.43 Å². The van der Waals surface area contributed by atoms with Crippen molar-refractivity contribution in [1.82, 2.24) is 4.98 Å². The molecule has 1 heterocycles. The molecule has 1 aliphatic carbocycles. The molecule has 1 aromatic rings. The molecule has 3 rings (SSSR count). The Hall–Kier alpha value is -2.00. The second-order valence-corrected chi connectivity index (χ2v) is 7.36. The monoisotopic (exact) mass is 345 g/mol. The molecular weight excluding hydrogens is 339 g/mol. The Labute approximate surface area is 126 Å². The number of fused-ring (bicyclic) bond motifs is 2. The lowest BCUT2D eigenvalue weighted by Crippen LogP contribution is -2.29. The van der Waals surface area contributed by atoms with Crippen molar-refractivity contribution in [3.05, 3.63) is 46.6 Å². The number of sulfone groups is 1. The van der Waals surface area contributed by atoms with Gasteiger partial charge in [-0.1, -0.05) is 12.1 Å². The van der Waals surface area contributed by atoms with Gasteiger partial charge < -0.3 is 0 Å². The molecule has 114 valence electrons. The number of halogens is 3. The third-order valence-corrected chi connectivity index (χ3v) is 5.59. The molecule has 0 bridgehead atoms. The fraction of sp³-hybridized carbons (Fsp3) is 0.0769. The molecule has 9 heteroatoms. The summed E-state index contributed by atoms with van der Waals surface area (Å²) in [6, 6.07) is 8.61. The van der Waals surface area contributed by atoms with Gasteiger partial charge in [0.2, 0.25) is 5.43 Å². The second-order valence-electron chi connectivity index (χ2n) is 4.37. The topological polar surface area (TPSA) is 64.1 Å². The van der Waals surface area contributed by atoms with Crippen LogP contribution in [0.3, 0.4) is 0 Å². The van der Waals surface area contributed by atoms with Gasteiger partial charge in [-0.05, 0) is 24.3 Å². The summed E-state index contributed by atoms with van der Waals surface area (Å²) >= 11 is 1.15. The van der Waals surface area contributed by atoms with Crippen LogP contribution in [-0.2, 0) is 9.84 Å². The molecule has 0 saturated carbocycles. The van der Waals surface area contributed by atoms with Crippen LogP contribution in [0.5, 0.6) is 0 Å². The average molecular weight is 345 g/mol. The van der Waals surface area contributed by atoms with Crippen LogP contribution in [0.2, 0.25) is 0 Å². The molecule has 0 unspecified atom stereocenters. The molecule has 0 saturated heterocycles. The van der Waals surface area contributed by atoms with Crippen molar-refractivity contribution in [3.8, 4) is 10.6 Å². The molecule has 1 aromatic carbocycles. The summed E-state index contributed by atoms with van der Waals surface area (Å²) in [4.78, 5) is 15.2. The summed E-state index contributed by atoms with van der Waals surface area (Å²) < 4.78 is 61.4. The van der Waals surface area contributed by atoms with Crippen molar-refractivity contribution >= 4 is 31.4 Å². The molecule has 0 atom stereocenters. The molecular formula is C13H6F3NO3S2. The number of hydrogen-bond donors (Lipinski definition) is 0. The van der Waals surface area contributed by atoms with Crippen molar-refractivity contribution < 1.29 is 21.6 Å². The third kappa shape index (κ3) is 2.17. The predicted molar refractivity (Wildman–Crippen MR) is 75.8 cm³/mol. The van der Waals surface area contributed by atoms with Crippen molar-refractivity contribution in [3.63, 3.8) is 0 Å². The van der Waals surface area contributed by atoms with Crippen molar-refractivity contribution in [2.75, 3.05) is 0 Å². The van der Waals surface area contributed by atoms with Gasteiger partial charge in [0.15, 0.2) is 0 Å². The molecule has 22 heavy (non-hydrogen) atoms. The van der Waals surface area contributed by atoms with Gasteiger partial charge >= 0.3 is 5.51 Å². The standard InChI is InChI=1S/C13H6F3NO3S2/c14-13(15,16)22(19,20)10-6-5-9-11(12(10)18)17-7-3-1-2-4-8(7)21-9/h1-6H. The summed E-state index contributed by atoms with van der Waals surface area (Å²) in [5.41, 5.74) is -6.63. The summed E-state index contributed by atoms with van der Waals surface area (Å²) in [5, 5.41) is 0. The number of alkyl halides is 3. The Morgan fingerprint density at radius 2 is 1.73 bits per heavy atom. The highest BCUT2D eigenvalue weighted by Crippen LogP contribution is 2.33. The number of hydrogen-bond acceptors (Lipinski definition) is 5. The molecule has 0 radical (unpaired) electrons.